The summed E-state index contributed by atoms with van der Waals surface area (Å²) in [6.07, 6.45) is 0. The predicted octanol–water partition coefficient (Wildman–Crippen LogP) is 0.821. The van der Waals surface area contributed by atoms with Crippen LogP contribution in [0.25, 0.3) is 0 Å². The van der Waals surface area contributed by atoms with Gasteiger partial charge in [-0.15, -0.1) is 0 Å². The van der Waals surface area contributed by atoms with Crippen LogP contribution in [0.2, 0.25) is 0 Å². The average Bonchev–Trinajstić information content (AvgIpc) is 2.79. The van der Waals surface area contributed by atoms with Gasteiger partial charge in [0.15, 0.2) is 0 Å². The van der Waals surface area contributed by atoms with Crippen LogP contribution in [0, 0.1) is 25.7 Å². The third-order valence-corrected chi connectivity index (χ3v) is 3.23. The van der Waals surface area contributed by atoms with Crippen molar-refractivity contribution in [2.45, 2.75) is 20.8 Å². The van der Waals surface area contributed by atoms with E-state index in [1.165, 1.54) is 0 Å². The SMILES string of the molecule is Cc1n[nH]c(C)c1NC(=O)[C@@H]1CNC[C@H]1C. The first-order chi connectivity index (χ1) is 7.59. The summed E-state index contributed by atoms with van der Waals surface area (Å²) in [4.78, 5) is 12.0. The fourth-order valence-electron chi connectivity index (χ4n) is 2.11. The minimum absolute atomic E-state index is 0.0636. The highest BCUT2D eigenvalue weighted by Gasteiger charge is 2.30. The van der Waals surface area contributed by atoms with Crippen molar-refractivity contribution in [1.29, 1.82) is 0 Å². The van der Waals surface area contributed by atoms with E-state index in [1.54, 1.807) is 0 Å². The molecule has 1 aromatic heterocycles. The Balaban J connectivity index is 2.07. The number of rotatable bonds is 2. The molecule has 0 saturated carbocycles. The molecular weight excluding hydrogens is 204 g/mol. The normalized spacial score (nSPS) is 24.7. The van der Waals surface area contributed by atoms with Crippen LogP contribution >= 0.6 is 0 Å². The Labute approximate surface area is 95.0 Å². The summed E-state index contributed by atoms with van der Waals surface area (Å²) < 4.78 is 0. The van der Waals surface area contributed by atoms with Crippen molar-refractivity contribution >= 4 is 11.6 Å². The summed E-state index contributed by atoms with van der Waals surface area (Å²) in [6.45, 7) is 7.57. The fraction of sp³-hybridized carbons (Fsp3) is 0.636. The van der Waals surface area contributed by atoms with E-state index in [9.17, 15) is 4.79 Å². The molecule has 88 valence electrons. The first kappa shape index (κ1) is 11.1. The Kier molecular flexibility index (Phi) is 2.96. The molecule has 1 fully saturated rings. The zero-order chi connectivity index (χ0) is 11.7. The predicted molar refractivity (Wildman–Crippen MR) is 62.2 cm³/mol. The topological polar surface area (TPSA) is 69.8 Å². The van der Waals surface area contributed by atoms with Gasteiger partial charge in [0.1, 0.15) is 0 Å². The molecule has 1 aliphatic heterocycles. The molecule has 1 aliphatic rings. The van der Waals surface area contributed by atoms with Gasteiger partial charge in [-0.2, -0.15) is 5.10 Å². The van der Waals surface area contributed by atoms with Crippen LogP contribution in [0.4, 0.5) is 5.69 Å². The van der Waals surface area contributed by atoms with Crippen LogP contribution in [-0.4, -0.2) is 29.2 Å². The molecule has 0 unspecified atom stereocenters. The third kappa shape index (κ3) is 1.95. The Morgan fingerprint density at radius 1 is 1.44 bits per heavy atom. The maximum atomic E-state index is 12.0. The standard InChI is InChI=1S/C11H18N4O/c1-6-4-12-5-9(6)11(16)13-10-7(2)14-15-8(10)3/h6,9,12H,4-5H2,1-3H3,(H,13,16)(H,14,15)/t6-,9-/m1/s1. The average molecular weight is 222 g/mol. The maximum Gasteiger partial charge on any atom is 0.229 e. The lowest BCUT2D eigenvalue weighted by atomic mass is 9.97. The van der Waals surface area contributed by atoms with Gasteiger partial charge in [-0.25, -0.2) is 0 Å². The minimum atomic E-state index is 0.0636. The van der Waals surface area contributed by atoms with Gasteiger partial charge in [0.2, 0.25) is 5.91 Å². The number of nitrogens with one attached hydrogen (secondary N) is 3. The summed E-state index contributed by atoms with van der Waals surface area (Å²) in [7, 11) is 0. The number of carbonyl (C=O) groups is 1. The molecule has 2 atom stereocenters. The highest BCUT2D eigenvalue weighted by molar-refractivity contribution is 5.94. The molecule has 2 rings (SSSR count). The monoisotopic (exact) mass is 222 g/mol. The summed E-state index contributed by atoms with van der Waals surface area (Å²) in [5.41, 5.74) is 2.57. The van der Waals surface area contributed by atoms with Gasteiger partial charge in [0.25, 0.3) is 0 Å². The second kappa shape index (κ2) is 4.25. The number of anilines is 1. The van der Waals surface area contributed by atoms with E-state index in [4.69, 9.17) is 0 Å². The zero-order valence-corrected chi connectivity index (χ0v) is 9.92. The van der Waals surface area contributed by atoms with Crippen molar-refractivity contribution < 1.29 is 4.79 Å². The lowest BCUT2D eigenvalue weighted by Crippen LogP contribution is -2.28. The highest BCUT2D eigenvalue weighted by Crippen LogP contribution is 2.21. The van der Waals surface area contributed by atoms with Gasteiger partial charge in [0.05, 0.1) is 23.0 Å². The van der Waals surface area contributed by atoms with Crippen molar-refractivity contribution in [1.82, 2.24) is 15.5 Å². The van der Waals surface area contributed by atoms with Crippen molar-refractivity contribution in [3.8, 4) is 0 Å². The summed E-state index contributed by atoms with van der Waals surface area (Å²) in [5, 5.41) is 13.1. The highest BCUT2D eigenvalue weighted by atomic mass is 16.2. The van der Waals surface area contributed by atoms with Gasteiger partial charge < -0.3 is 10.6 Å². The van der Waals surface area contributed by atoms with Crippen LogP contribution in [-0.2, 0) is 4.79 Å². The lowest BCUT2D eigenvalue weighted by molar-refractivity contribution is -0.120. The maximum absolute atomic E-state index is 12.0. The molecule has 16 heavy (non-hydrogen) atoms. The van der Waals surface area contributed by atoms with Crippen LogP contribution in [0.3, 0.4) is 0 Å². The fourth-order valence-corrected chi connectivity index (χ4v) is 2.11. The molecule has 0 radical (unpaired) electrons. The molecule has 3 N–H and O–H groups in total. The van der Waals surface area contributed by atoms with E-state index in [0.29, 0.717) is 5.92 Å². The number of carbonyl (C=O) groups excluding carboxylic acids is 1. The van der Waals surface area contributed by atoms with Gasteiger partial charge in [-0.3, -0.25) is 9.89 Å². The molecule has 5 nitrogen and oxygen atoms in total. The molecule has 2 heterocycles. The van der Waals surface area contributed by atoms with Crippen LogP contribution < -0.4 is 10.6 Å². The molecule has 1 amide bonds. The zero-order valence-electron chi connectivity index (χ0n) is 9.92. The molecule has 5 heteroatoms. The number of aryl methyl sites for hydroxylation is 2. The second-order valence-electron chi connectivity index (χ2n) is 4.54. The van der Waals surface area contributed by atoms with E-state index in [2.05, 4.69) is 27.8 Å². The molecule has 0 aromatic carbocycles. The first-order valence-corrected chi connectivity index (χ1v) is 5.62. The summed E-state index contributed by atoms with van der Waals surface area (Å²) in [5.74, 6) is 0.548. The summed E-state index contributed by atoms with van der Waals surface area (Å²) >= 11 is 0. The molecule has 0 bridgehead atoms. The van der Waals surface area contributed by atoms with Crippen LogP contribution in [0.5, 0.6) is 0 Å². The molecule has 0 spiro atoms. The quantitative estimate of drug-likeness (QED) is 0.694. The van der Waals surface area contributed by atoms with Gasteiger partial charge in [-0.05, 0) is 26.3 Å². The van der Waals surface area contributed by atoms with Gasteiger partial charge in [-0.1, -0.05) is 6.92 Å². The number of hydrogen-bond donors (Lipinski definition) is 3. The summed E-state index contributed by atoms with van der Waals surface area (Å²) in [6, 6.07) is 0. The largest absolute Gasteiger partial charge is 0.323 e. The van der Waals surface area contributed by atoms with Crippen LogP contribution in [0.1, 0.15) is 18.3 Å². The van der Waals surface area contributed by atoms with E-state index in [0.717, 1.165) is 30.2 Å². The molecule has 1 aromatic rings. The van der Waals surface area contributed by atoms with E-state index in [1.807, 2.05) is 13.8 Å². The van der Waals surface area contributed by atoms with Crippen molar-refractivity contribution in [2.24, 2.45) is 11.8 Å². The number of aromatic nitrogens is 2. The van der Waals surface area contributed by atoms with Crippen molar-refractivity contribution in [3.63, 3.8) is 0 Å². The van der Waals surface area contributed by atoms with E-state index < -0.39 is 0 Å². The molecule has 0 aliphatic carbocycles. The third-order valence-electron chi connectivity index (χ3n) is 3.23. The Bertz CT molecular complexity index is 379. The smallest absolute Gasteiger partial charge is 0.229 e. The minimum Gasteiger partial charge on any atom is -0.323 e. The van der Waals surface area contributed by atoms with Gasteiger partial charge >= 0.3 is 0 Å². The van der Waals surface area contributed by atoms with E-state index >= 15 is 0 Å². The Hall–Kier alpha value is -1.36. The van der Waals surface area contributed by atoms with Crippen molar-refractivity contribution in [3.05, 3.63) is 11.4 Å². The van der Waals surface area contributed by atoms with Crippen molar-refractivity contribution in [2.75, 3.05) is 18.4 Å². The number of nitrogens with zero attached hydrogens (tertiary/aromatic N) is 1. The number of hydrogen-bond acceptors (Lipinski definition) is 3. The number of aromatic amines is 1. The van der Waals surface area contributed by atoms with Crippen LogP contribution in [0.15, 0.2) is 0 Å². The number of amides is 1. The number of H-pyrrole nitrogens is 1. The Morgan fingerprint density at radius 2 is 2.19 bits per heavy atom. The van der Waals surface area contributed by atoms with Gasteiger partial charge in [0, 0.05) is 6.54 Å². The lowest BCUT2D eigenvalue weighted by Gasteiger charge is -2.14. The molecular formula is C11H18N4O. The Morgan fingerprint density at radius 3 is 2.69 bits per heavy atom. The first-order valence-electron chi connectivity index (χ1n) is 5.62. The second-order valence-corrected chi connectivity index (χ2v) is 4.54. The molecule has 1 saturated heterocycles. The van der Waals surface area contributed by atoms with E-state index in [-0.39, 0.29) is 11.8 Å².